The van der Waals surface area contributed by atoms with E-state index in [-0.39, 0.29) is 38.0 Å². The van der Waals surface area contributed by atoms with Crippen LogP contribution in [-0.4, -0.2) is 30.2 Å². The van der Waals surface area contributed by atoms with E-state index in [4.69, 9.17) is 5.11 Å². The number of nitrogens with one attached hydrogen (secondary N) is 1. The highest BCUT2D eigenvalue weighted by molar-refractivity contribution is 5.85. The number of alkyl halides is 2. The second kappa shape index (κ2) is 4.18. The third-order valence-corrected chi connectivity index (χ3v) is 1.73. The molecule has 1 heterocycles. The van der Waals surface area contributed by atoms with Gasteiger partial charge in [-0.2, -0.15) is 0 Å². The van der Waals surface area contributed by atoms with Gasteiger partial charge in [0.05, 0.1) is 13.2 Å². The van der Waals surface area contributed by atoms with Crippen LogP contribution in [0.3, 0.4) is 0 Å². The molecule has 0 aliphatic carbocycles. The van der Waals surface area contributed by atoms with Crippen molar-refractivity contribution in [2.45, 2.75) is 24.8 Å². The second-order valence-electron chi connectivity index (χ2n) is 2.66. The Kier molecular flexibility index (Phi) is 4.21. The van der Waals surface area contributed by atoms with E-state index < -0.39 is 5.92 Å². The number of piperidine rings is 1. The minimum absolute atomic E-state index is 0. The van der Waals surface area contributed by atoms with Gasteiger partial charge in [-0.3, -0.25) is 0 Å². The zero-order chi connectivity index (χ0) is 7.61. The maximum Gasteiger partial charge on any atom is 0.260 e. The molecule has 1 saturated heterocycles. The number of hydrogen-bond acceptors (Lipinski definition) is 2. The Morgan fingerprint density at radius 2 is 2.18 bits per heavy atom. The number of aliphatic hydroxyl groups is 1. The molecule has 11 heavy (non-hydrogen) atoms. The van der Waals surface area contributed by atoms with Crippen LogP contribution in [-0.2, 0) is 0 Å². The summed E-state index contributed by atoms with van der Waals surface area (Å²) < 4.78 is 24.7. The lowest BCUT2D eigenvalue weighted by Crippen LogP contribution is -2.46. The van der Waals surface area contributed by atoms with E-state index in [1.165, 1.54) is 0 Å². The summed E-state index contributed by atoms with van der Waals surface area (Å²) in [6.07, 6.45) is 0.259. The summed E-state index contributed by atoms with van der Waals surface area (Å²) in [5, 5.41) is 11.1. The van der Waals surface area contributed by atoms with E-state index in [0.717, 1.165) is 0 Å². The zero-order valence-corrected chi connectivity index (χ0v) is 6.83. The predicted octanol–water partition coefficient (Wildman–Crippen LogP) is 0.788. The van der Waals surface area contributed by atoms with Gasteiger partial charge in [-0.05, 0) is 6.42 Å². The minimum Gasteiger partial charge on any atom is -0.395 e. The molecule has 0 saturated carbocycles. The fourth-order valence-electron chi connectivity index (χ4n) is 1.03. The Balaban J connectivity index is 0.000001000. The van der Waals surface area contributed by atoms with Crippen LogP contribution in [0.1, 0.15) is 12.8 Å². The fourth-order valence-corrected chi connectivity index (χ4v) is 1.03. The van der Waals surface area contributed by atoms with Crippen LogP contribution in [0, 0.1) is 0 Å². The summed E-state index contributed by atoms with van der Waals surface area (Å²) in [6.45, 7) is -0.339. The molecular weight excluding hydrogens is 176 g/mol. The number of rotatable bonds is 1. The molecule has 68 valence electrons. The van der Waals surface area contributed by atoms with Gasteiger partial charge >= 0.3 is 0 Å². The number of hydrogen-bond donors (Lipinski definition) is 2. The van der Waals surface area contributed by atoms with E-state index in [9.17, 15) is 8.78 Å². The average Bonchev–Trinajstić information content (AvgIpc) is 1.88. The van der Waals surface area contributed by atoms with Crippen LogP contribution >= 0.6 is 12.4 Å². The minimum atomic E-state index is -2.56. The smallest absolute Gasteiger partial charge is 0.260 e. The first-order valence-corrected chi connectivity index (χ1v) is 3.36. The topological polar surface area (TPSA) is 32.3 Å². The molecule has 0 aromatic rings. The summed E-state index contributed by atoms with van der Waals surface area (Å²) >= 11 is 0. The third kappa shape index (κ3) is 3.31. The molecule has 1 atom stereocenters. The number of halogens is 3. The van der Waals surface area contributed by atoms with Crippen molar-refractivity contribution in [1.29, 1.82) is 0 Å². The monoisotopic (exact) mass is 187 g/mol. The van der Waals surface area contributed by atoms with Gasteiger partial charge in [-0.1, -0.05) is 0 Å². The summed E-state index contributed by atoms with van der Waals surface area (Å²) in [6, 6.07) is -0.125. The van der Waals surface area contributed by atoms with Crippen molar-refractivity contribution < 1.29 is 13.9 Å². The molecule has 0 aromatic heterocycles. The van der Waals surface area contributed by atoms with Crippen molar-refractivity contribution in [1.82, 2.24) is 5.32 Å². The van der Waals surface area contributed by atoms with E-state index in [1.807, 2.05) is 0 Å². The van der Waals surface area contributed by atoms with E-state index in [2.05, 4.69) is 5.32 Å². The average molecular weight is 188 g/mol. The van der Waals surface area contributed by atoms with E-state index in [0.29, 0.717) is 6.42 Å². The first kappa shape index (κ1) is 11.1. The standard InChI is InChI=1S/C6H11F2NO.ClH/c7-6(8)2-1-5(3-10)9-4-6;/h5,9-10H,1-4H2;1H. The van der Waals surface area contributed by atoms with Gasteiger partial charge in [0.1, 0.15) is 0 Å². The highest BCUT2D eigenvalue weighted by atomic mass is 35.5. The lowest BCUT2D eigenvalue weighted by molar-refractivity contribution is -0.0344. The fraction of sp³-hybridized carbons (Fsp3) is 1.00. The first-order chi connectivity index (χ1) is 4.64. The molecule has 1 unspecified atom stereocenters. The van der Waals surface area contributed by atoms with Crippen molar-refractivity contribution in [2.75, 3.05) is 13.2 Å². The zero-order valence-electron chi connectivity index (χ0n) is 6.02. The summed E-state index contributed by atoms with van der Waals surface area (Å²) in [7, 11) is 0. The Hall–Kier alpha value is 0.0700. The second-order valence-corrected chi connectivity index (χ2v) is 2.66. The Morgan fingerprint density at radius 3 is 2.55 bits per heavy atom. The molecule has 1 fully saturated rings. The van der Waals surface area contributed by atoms with E-state index >= 15 is 0 Å². The van der Waals surface area contributed by atoms with Crippen LogP contribution in [0.25, 0.3) is 0 Å². The van der Waals surface area contributed by atoms with Gasteiger partial charge in [0.15, 0.2) is 0 Å². The van der Waals surface area contributed by atoms with Crippen LogP contribution in [0.2, 0.25) is 0 Å². The van der Waals surface area contributed by atoms with E-state index in [1.54, 1.807) is 0 Å². The highest BCUT2D eigenvalue weighted by Crippen LogP contribution is 2.23. The molecule has 0 aromatic carbocycles. The quantitative estimate of drug-likeness (QED) is 0.636. The van der Waals surface area contributed by atoms with Gasteiger partial charge < -0.3 is 10.4 Å². The molecule has 5 heteroatoms. The number of aliphatic hydroxyl groups excluding tert-OH is 1. The molecular formula is C6H12ClF2NO. The van der Waals surface area contributed by atoms with Crippen molar-refractivity contribution in [2.24, 2.45) is 0 Å². The van der Waals surface area contributed by atoms with Crippen LogP contribution in [0.5, 0.6) is 0 Å². The maximum atomic E-state index is 12.4. The molecule has 0 amide bonds. The largest absolute Gasteiger partial charge is 0.395 e. The van der Waals surface area contributed by atoms with Gasteiger partial charge in [0.25, 0.3) is 5.92 Å². The summed E-state index contributed by atoms with van der Waals surface area (Å²) in [5.41, 5.74) is 0. The first-order valence-electron chi connectivity index (χ1n) is 3.36. The van der Waals surface area contributed by atoms with Crippen molar-refractivity contribution in [3.8, 4) is 0 Å². The van der Waals surface area contributed by atoms with Crippen LogP contribution in [0.15, 0.2) is 0 Å². The molecule has 1 aliphatic rings. The molecule has 0 bridgehead atoms. The Morgan fingerprint density at radius 1 is 1.55 bits per heavy atom. The molecule has 1 rings (SSSR count). The van der Waals surface area contributed by atoms with Crippen molar-refractivity contribution >= 4 is 12.4 Å². The molecule has 1 aliphatic heterocycles. The van der Waals surface area contributed by atoms with Crippen molar-refractivity contribution in [3.05, 3.63) is 0 Å². The highest BCUT2D eigenvalue weighted by Gasteiger charge is 2.34. The SMILES string of the molecule is Cl.OCC1CCC(F)(F)CN1. The maximum absolute atomic E-state index is 12.4. The van der Waals surface area contributed by atoms with Crippen LogP contribution < -0.4 is 5.32 Å². The lowest BCUT2D eigenvalue weighted by Gasteiger charge is -2.28. The lowest BCUT2D eigenvalue weighted by atomic mass is 10.0. The molecule has 2 N–H and O–H groups in total. The van der Waals surface area contributed by atoms with Gasteiger partial charge in [-0.25, -0.2) is 8.78 Å². The normalized spacial score (nSPS) is 29.2. The Labute approximate surface area is 70.4 Å². The molecule has 2 nitrogen and oxygen atoms in total. The summed E-state index contributed by atoms with van der Waals surface area (Å²) in [5.74, 6) is -2.56. The van der Waals surface area contributed by atoms with Gasteiger partial charge in [0.2, 0.25) is 0 Å². The van der Waals surface area contributed by atoms with Crippen molar-refractivity contribution in [3.63, 3.8) is 0 Å². The summed E-state index contributed by atoms with van der Waals surface area (Å²) in [4.78, 5) is 0. The third-order valence-electron chi connectivity index (χ3n) is 1.73. The van der Waals surface area contributed by atoms with Gasteiger partial charge in [-0.15, -0.1) is 12.4 Å². The Bertz CT molecular complexity index is 113. The van der Waals surface area contributed by atoms with Crippen LogP contribution in [0.4, 0.5) is 8.78 Å². The molecule has 0 radical (unpaired) electrons. The predicted molar refractivity (Wildman–Crippen MR) is 40.3 cm³/mol. The molecule has 0 spiro atoms. The van der Waals surface area contributed by atoms with Gasteiger partial charge in [0, 0.05) is 12.5 Å².